The van der Waals surface area contributed by atoms with E-state index in [1.54, 1.807) is 11.7 Å². The second-order valence-electron chi connectivity index (χ2n) is 3.70. The molecule has 0 amide bonds. The molecule has 1 unspecified atom stereocenters. The largest absolute Gasteiger partial charge is 0.467 e. The van der Waals surface area contributed by atoms with Gasteiger partial charge in [0.05, 0.1) is 12.8 Å². The highest BCUT2D eigenvalue weighted by atomic mass is 79.9. The Hall–Kier alpha value is -0.880. The molecule has 1 heterocycles. The van der Waals surface area contributed by atoms with Crippen molar-refractivity contribution in [3.05, 3.63) is 15.9 Å². The predicted molar refractivity (Wildman–Crippen MR) is 57.1 cm³/mol. The lowest BCUT2D eigenvalue weighted by atomic mass is 9.95. The summed E-state index contributed by atoms with van der Waals surface area (Å²) in [6.45, 7) is 0. The quantitative estimate of drug-likeness (QED) is 0.755. The van der Waals surface area contributed by atoms with Crippen LogP contribution in [0.1, 0.15) is 17.7 Å². The van der Waals surface area contributed by atoms with Crippen LogP contribution in [-0.4, -0.2) is 22.9 Å². The Kier molecular flexibility index (Phi) is 2.35. The van der Waals surface area contributed by atoms with Crippen LogP contribution in [0.2, 0.25) is 0 Å². The lowest BCUT2D eigenvalue weighted by Gasteiger charge is -2.21. The summed E-state index contributed by atoms with van der Waals surface area (Å²) in [6, 6.07) is 0. The number of rotatable bonds is 1. The highest BCUT2D eigenvalue weighted by molar-refractivity contribution is 9.10. The van der Waals surface area contributed by atoms with Gasteiger partial charge >= 0.3 is 5.97 Å². The number of fused-ring (bicyclic) bond motifs is 1. The van der Waals surface area contributed by atoms with E-state index < -0.39 is 11.5 Å². The maximum atomic E-state index is 11.7. The van der Waals surface area contributed by atoms with E-state index in [-0.39, 0.29) is 0 Å². The Balaban J connectivity index is 2.55. The monoisotopic (exact) mass is 273 g/mol. The van der Waals surface area contributed by atoms with Crippen LogP contribution in [-0.2, 0) is 28.5 Å². The molecule has 1 aromatic heterocycles. The van der Waals surface area contributed by atoms with Gasteiger partial charge in [-0.05, 0) is 28.8 Å². The molecular formula is C9H12BrN3O2. The van der Waals surface area contributed by atoms with E-state index in [0.717, 1.165) is 15.9 Å². The fraction of sp³-hybridized carbons (Fsp3) is 0.556. The van der Waals surface area contributed by atoms with Crippen LogP contribution in [0, 0.1) is 0 Å². The van der Waals surface area contributed by atoms with Gasteiger partial charge in [0.2, 0.25) is 0 Å². The highest BCUT2D eigenvalue weighted by Crippen LogP contribution is 2.39. The molecule has 0 bridgehead atoms. The van der Waals surface area contributed by atoms with E-state index in [0.29, 0.717) is 12.8 Å². The normalized spacial score (nSPS) is 24.0. The summed E-state index contributed by atoms with van der Waals surface area (Å²) >= 11 is 3.39. The third-order valence-corrected chi connectivity index (χ3v) is 3.71. The minimum atomic E-state index is -1.04. The van der Waals surface area contributed by atoms with Crippen LogP contribution < -0.4 is 5.73 Å². The van der Waals surface area contributed by atoms with Crippen molar-refractivity contribution in [1.29, 1.82) is 0 Å². The third kappa shape index (κ3) is 1.32. The first-order valence-corrected chi connectivity index (χ1v) is 5.39. The molecule has 1 aliphatic carbocycles. The zero-order valence-corrected chi connectivity index (χ0v) is 10.2. The number of esters is 1. The van der Waals surface area contributed by atoms with Crippen LogP contribution in [0.3, 0.4) is 0 Å². The van der Waals surface area contributed by atoms with Crippen molar-refractivity contribution in [3.8, 4) is 0 Å². The minimum Gasteiger partial charge on any atom is -0.467 e. The van der Waals surface area contributed by atoms with Gasteiger partial charge in [-0.25, -0.2) is 4.79 Å². The van der Waals surface area contributed by atoms with E-state index in [2.05, 4.69) is 21.0 Å². The van der Waals surface area contributed by atoms with Gasteiger partial charge in [0.1, 0.15) is 10.1 Å². The average Bonchev–Trinajstić information content (AvgIpc) is 2.68. The number of hydrogen-bond acceptors (Lipinski definition) is 4. The van der Waals surface area contributed by atoms with Gasteiger partial charge in [-0.3, -0.25) is 4.68 Å². The molecule has 0 spiro atoms. The number of aromatic nitrogens is 2. The van der Waals surface area contributed by atoms with Gasteiger partial charge in [0.25, 0.3) is 0 Å². The molecule has 1 atom stereocenters. The molecule has 15 heavy (non-hydrogen) atoms. The molecule has 0 radical (unpaired) electrons. The fourth-order valence-electron chi connectivity index (χ4n) is 2.00. The summed E-state index contributed by atoms with van der Waals surface area (Å²) in [6.07, 6.45) is 1.26. The molecule has 0 aliphatic heterocycles. The molecule has 6 heteroatoms. The van der Waals surface area contributed by atoms with Crippen LogP contribution in [0.15, 0.2) is 4.60 Å². The highest BCUT2D eigenvalue weighted by Gasteiger charge is 2.46. The van der Waals surface area contributed by atoms with E-state index in [9.17, 15) is 4.79 Å². The smallest absolute Gasteiger partial charge is 0.330 e. The van der Waals surface area contributed by atoms with Crippen LogP contribution in [0.4, 0.5) is 0 Å². The molecule has 1 aliphatic rings. The lowest BCUT2D eigenvalue weighted by molar-refractivity contribution is -0.147. The Morgan fingerprint density at radius 3 is 3.00 bits per heavy atom. The molecule has 0 fully saturated rings. The number of methoxy groups -OCH3 is 1. The van der Waals surface area contributed by atoms with Crippen molar-refractivity contribution in [2.24, 2.45) is 12.8 Å². The van der Waals surface area contributed by atoms with Crippen LogP contribution >= 0.6 is 15.9 Å². The maximum Gasteiger partial charge on any atom is 0.330 e. The van der Waals surface area contributed by atoms with Gasteiger partial charge in [-0.2, -0.15) is 5.10 Å². The van der Waals surface area contributed by atoms with E-state index >= 15 is 0 Å². The maximum absolute atomic E-state index is 11.7. The molecule has 82 valence electrons. The molecule has 0 saturated carbocycles. The number of aryl methyl sites for hydroxylation is 2. The van der Waals surface area contributed by atoms with Crippen molar-refractivity contribution >= 4 is 21.9 Å². The fourth-order valence-corrected chi connectivity index (χ4v) is 2.66. The summed E-state index contributed by atoms with van der Waals surface area (Å²) < 4.78 is 7.16. The number of ether oxygens (including phenoxy) is 1. The number of carbonyl (C=O) groups is 1. The lowest BCUT2D eigenvalue weighted by Crippen LogP contribution is -2.43. The molecule has 0 saturated heterocycles. The van der Waals surface area contributed by atoms with Gasteiger partial charge in [-0.1, -0.05) is 0 Å². The molecule has 5 nitrogen and oxygen atoms in total. The number of hydrogen-bond donors (Lipinski definition) is 1. The minimum absolute atomic E-state index is 0.407. The Labute approximate surface area is 95.7 Å². The van der Waals surface area contributed by atoms with Gasteiger partial charge in [0.15, 0.2) is 0 Å². The van der Waals surface area contributed by atoms with Crippen LogP contribution in [0.25, 0.3) is 0 Å². The predicted octanol–water partition coefficient (Wildman–Crippen LogP) is 0.456. The SMILES string of the molecule is COC(=O)C1(N)CCc2nn(C)c(Br)c21. The average molecular weight is 274 g/mol. The van der Waals surface area contributed by atoms with Crippen molar-refractivity contribution < 1.29 is 9.53 Å². The third-order valence-electron chi connectivity index (χ3n) is 2.80. The second kappa shape index (κ2) is 3.31. The topological polar surface area (TPSA) is 70.1 Å². The first-order chi connectivity index (χ1) is 7.00. The van der Waals surface area contributed by atoms with Gasteiger partial charge in [0, 0.05) is 12.6 Å². The summed E-state index contributed by atoms with van der Waals surface area (Å²) in [5.74, 6) is -0.407. The summed E-state index contributed by atoms with van der Waals surface area (Å²) in [4.78, 5) is 11.7. The van der Waals surface area contributed by atoms with E-state index in [1.807, 2.05) is 0 Å². The summed E-state index contributed by atoms with van der Waals surface area (Å²) in [5.41, 5.74) is 6.67. The van der Waals surface area contributed by atoms with Crippen molar-refractivity contribution in [2.75, 3.05) is 7.11 Å². The summed E-state index contributed by atoms with van der Waals surface area (Å²) in [5, 5.41) is 4.28. The molecule has 1 aromatic rings. The Morgan fingerprint density at radius 2 is 2.40 bits per heavy atom. The molecule has 2 rings (SSSR count). The first kappa shape index (κ1) is 10.6. The van der Waals surface area contributed by atoms with Gasteiger partial charge in [-0.15, -0.1) is 0 Å². The van der Waals surface area contributed by atoms with Crippen molar-refractivity contribution in [3.63, 3.8) is 0 Å². The zero-order chi connectivity index (χ0) is 11.2. The number of carbonyl (C=O) groups excluding carboxylic acids is 1. The molecular weight excluding hydrogens is 262 g/mol. The first-order valence-electron chi connectivity index (χ1n) is 4.60. The Bertz CT molecular complexity index is 429. The van der Waals surface area contributed by atoms with E-state index in [4.69, 9.17) is 10.5 Å². The zero-order valence-electron chi connectivity index (χ0n) is 8.58. The van der Waals surface area contributed by atoms with Crippen molar-refractivity contribution in [2.45, 2.75) is 18.4 Å². The summed E-state index contributed by atoms with van der Waals surface area (Å²) in [7, 11) is 3.15. The van der Waals surface area contributed by atoms with Crippen LogP contribution in [0.5, 0.6) is 0 Å². The number of halogens is 1. The van der Waals surface area contributed by atoms with Crippen molar-refractivity contribution in [1.82, 2.24) is 9.78 Å². The standard InChI is InChI=1S/C9H12BrN3O2/c1-13-7(10)6-5(12-13)3-4-9(6,11)8(14)15-2/h3-4,11H2,1-2H3. The second-order valence-corrected chi connectivity index (χ2v) is 4.45. The van der Waals surface area contributed by atoms with E-state index in [1.165, 1.54) is 7.11 Å². The number of nitrogens with zero attached hydrogens (tertiary/aromatic N) is 2. The Morgan fingerprint density at radius 1 is 1.73 bits per heavy atom. The molecule has 2 N–H and O–H groups in total. The number of nitrogens with two attached hydrogens (primary N) is 1. The van der Waals surface area contributed by atoms with Gasteiger partial charge < -0.3 is 10.5 Å². The molecule has 0 aromatic carbocycles.